The molecule has 0 unspecified atom stereocenters. The summed E-state index contributed by atoms with van der Waals surface area (Å²) < 4.78 is 10.5. The highest BCUT2D eigenvalue weighted by Gasteiger charge is 2.46. The van der Waals surface area contributed by atoms with E-state index in [0.717, 1.165) is 6.42 Å². The van der Waals surface area contributed by atoms with Crippen LogP contribution in [0.4, 0.5) is 0 Å². The van der Waals surface area contributed by atoms with Crippen molar-refractivity contribution in [2.24, 2.45) is 5.41 Å². The van der Waals surface area contributed by atoms with E-state index >= 15 is 0 Å². The molecule has 2 amide bonds. The molecule has 3 rings (SSSR count). The first-order chi connectivity index (χ1) is 13.4. The van der Waals surface area contributed by atoms with Gasteiger partial charge in [-0.3, -0.25) is 14.4 Å². The molecule has 1 saturated heterocycles. The number of rotatable bonds is 6. The van der Waals surface area contributed by atoms with Crippen LogP contribution in [0.15, 0.2) is 18.2 Å². The zero-order chi connectivity index (χ0) is 20.3. The standard InChI is InChI=1S/C20H26N2O6/c1-27-14-4-5-15(16(12-14)28-2)18(24)22-10-8-21(9-11-22)17(23)13-20(19(25)26)6-3-7-20/h4-5,12H,3,6-11,13H2,1-2H3,(H,25,26). The van der Waals surface area contributed by atoms with Gasteiger partial charge in [0.25, 0.3) is 5.91 Å². The van der Waals surface area contributed by atoms with E-state index in [1.165, 1.54) is 7.11 Å². The second-order valence-electron chi connectivity index (χ2n) is 7.36. The lowest BCUT2D eigenvalue weighted by atomic mass is 9.66. The fraction of sp³-hybridized carbons (Fsp3) is 0.550. The fourth-order valence-electron chi connectivity index (χ4n) is 3.78. The van der Waals surface area contributed by atoms with Crippen molar-refractivity contribution in [3.05, 3.63) is 23.8 Å². The van der Waals surface area contributed by atoms with Gasteiger partial charge in [0.15, 0.2) is 0 Å². The average Bonchev–Trinajstić information content (AvgIpc) is 2.69. The number of methoxy groups -OCH3 is 2. The number of aliphatic carboxylic acids is 1. The highest BCUT2D eigenvalue weighted by atomic mass is 16.5. The fourth-order valence-corrected chi connectivity index (χ4v) is 3.78. The number of ether oxygens (including phenoxy) is 2. The predicted molar refractivity (Wildman–Crippen MR) is 101 cm³/mol. The van der Waals surface area contributed by atoms with Crippen molar-refractivity contribution in [3.63, 3.8) is 0 Å². The highest BCUT2D eigenvalue weighted by Crippen LogP contribution is 2.44. The van der Waals surface area contributed by atoms with Crippen molar-refractivity contribution < 1.29 is 29.0 Å². The van der Waals surface area contributed by atoms with Crippen LogP contribution >= 0.6 is 0 Å². The SMILES string of the molecule is COc1ccc(C(=O)N2CCN(C(=O)CC3(C(=O)O)CCC3)CC2)c(OC)c1. The van der Waals surface area contributed by atoms with Crippen LogP contribution < -0.4 is 9.47 Å². The lowest BCUT2D eigenvalue weighted by Gasteiger charge is -2.40. The van der Waals surface area contributed by atoms with Gasteiger partial charge in [0.1, 0.15) is 11.5 Å². The largest absolute Gasteiger partial charge is 0.497 e. The van der Waals surface area contributed by atoms with Gasteiger partial charge in [-0.15, -0.1) is 0 Å². The molecule has 2 fully saturated rings. The maximum absolute atomic E-state index is 12.9. The second kappa shape index (κ2) is 8.08. The van der Waals surface area contributed by atoms with Crippen LogP contribution in [0.25, 0.3) is 0 Å². The van der Waals surface area contributed by atoms with Gasteiger partial charge in [0, 0.05) is 38.7 Å². The van der Waals surface area contributed by atoms with E-state index in [-0.39, 0.29) is 18.2 Å². The normalized spacial score (nSPS) is 18.2. The minimum atomic E-state index is -0.888. The third kappa shape index (κ3) is 3.76. The number of hydrogen-bond donors (Lipinski definition) is 1. The number of carbonyl (C=O) groups is 3. The summed E-state index contributed by atoms with van der Waals surface area (Å²) in [5, 5.41) is 9.41. The van der Waals surface area contributed by atoms with Crippen LogP contribution in [0.3, 0.4) is 0 Å². The van der Waals surface area contributed by atoms with Crippen LogP contribution in [-0.2, 0) is 9.59 Å². The number of benzene rings is 1. The molecular weight excluding hydrogens is 364 g/mol. The number of carbonyl (C=O) groups excluding carboxylic acids is 2. The van der Waals surface area contributed by atoms with Crippen LogP contribution in [0.5, 0.6) is 11.5 Å². The molecule has 0 aromatic heterocycles. The van der Waals surface area contributed by atoms with Crippen molar-refractivity contribution in [3.8, 4) is 11.5 Å². The summed E-state index contributed by atoms with van der Waals surface area (Å²) in [7, 11) is 3.05. The molecule has 28 heavy (non-hydrogen) atoms. The van der Waals surface area contributed by atoms with Crippen molar-refractivity contribution in [2.75, 3.05) is 40.4 Å². The molecule has 0 atom stereocenters. The summed E-state index contributed by atoms with van der Waals surface area (Å²) in [5.74, 6) is -0.139. The van der Waals surface area contributed by atoms with E-state index in [1.54, 1.807) is 35.1 Å². The number of hydrogen-bond acceptors (Lipinski definition) is 5. The third-order valence-corrected chi connectivity index (χ3v) is 5.81. The first-order valence-corrected chi connectivity index (χ1v) is 9.43. The Morgan fingerprint density at radius 3 is 2.18 bits per heavy atom. The maximum Gasteiger partial charge on any atom is 0.310 e. The highest BCUT2D eigenvalue weighted by molar-refractivity contribution is 5.97. The van der Waals surface area contributed by atoms with Gasteiger partial charge in [-0.1, -0.05) is 6.42 Å². The van der Waals surface area contributed by atoms with E-state index < -0.39 is 11.4 Å². The Morgan fingerprint density at radius 1 is 1.04 bits per heavy atom. The summed E-state index contributed by atoms with van der Waals surface area (Å²) in [6.07, 6.45) is 2.02. The number of carboxylic acid groups (broad SMARTS) is 1. The molecule has 0 bridgehead atoms. The number of carboxylic acids is 1. The van der Waals surface area contributed by atoms with E-state index in [9.17, 15) is 19.5 Å². The average molecular weight is 390 g/mol. The van der Waals surface area contributed by atoms with Gasteiger partial charge < -0.3 is 24.4 Å². The second-order valence-corrected chi connectivity index (χ2v) is 7.36. The first-order valence-electron chi connectivity index (χ1n) is 9.43. The summed E-state index contributed by atoms with van der Waals surface area (Å²) in [4.78, 5) is 40.2. The van der Waals surface area contributed by atoms with Crippen LogP contribution in [0.2, 0.25) is 0 Å². The third-order valence-electron chi connectivity index (χ3n) is 5.81. The Morgan fingerprint density at radius 2 is 1.68 bits per heavy atom. The molecule has 1 saturated carbocycles. The molecule has 0 radical (unpaired) electrons. The number of amides is 2. The smallest absolute Gasteiger partial charge is 0.310 e. The van der Waals surface area contributed by atoms with E-state index in [4.69, 9.17) is 9.47 Å². The van der Waals surface area contributed by atoms with Gasteiger partial charge in [0.05, 0.1) is 25.2 Å². The van der Waals surface area contributed by atoms with Gasteiger partial charge in [-0.05, 0) is 25.0 Å². The summed E-state index contributed by atoms with van der Waals surface area (Å²) >= 11 is 0. The molecule has 1 heterocycles. The lowest BCUT2D eigenvalue weighted by molar-refractivity contribution is -0.159. The molecule has 1 aromatic rings. The molecule has 1 aliphatic heterocycles. The molecule has 2 aliphatic rings. The molecular formula is C20H26N2O6. The van der Waals surface area contributed by atoms with Crippen LogP contribution in [0, 0.1) is 5.41 Å². The molecule has 0 spiro atoms. The van der Waals surface area contributed by atoms with Gasteiger partial charge in [-0.25, -0.2) is 0 Å². The zero-order valence-electron chi connectivity index (χ0n) is 16.3. The Kier molecular flexibility index (Phi) is 5.76. The first kappa shape index (κ1) is 20.0. The number of piperazine rings is 1. The minimum Gasteiger partial charge on any atom is -0.497 e. The molecule has 1 aliphatic carbocycles. The van der Waals surface area contributed by atoms with Gasteiger partial charge >= 0.3 is 5.97 Å². The van der Waals surface area contributed by atoms with Crippen LogP contribution in [-0.4, -0.2) is 73.1 Å². The van der Waals surface area contributed by atoms with Crippen molar-refractivity contribution >= 4 is 17.8 Å². The topological polar surface area (TPSA) is 96.4 Å². The van der Waals surface area contributed by atoms with Crippen molar-refractivity contribution in [1.29, 1.82) is 0 Å². The zero-order valence-corrected chi connectivity index (χ0v) is 16.3. The Balaban J connectivity index is 1.60. The van der Waals surface area contributed by atoms with Crippen molar-refractivity contribution in [1.82, 2.24) is 9.80 Å². The molecule has 8 heteroatoms. The predicted octanol–water partition coefficient (Wildman–Crippen LogP) is 1.63. The lowest BCUT2D eigenvalue weighted by Crippen LogP contribution is -2.52. The minimum absolute atomic E-state index is 0.0442. The van der Waals surface area contributed by atoms with Gasteiger partial charge in [-0.2, -0.15) is 0 Å². The Hall–Kier alpha value is -2.77. The quantitative estimate of drug-likeness (QED) is 0.793. The molecule has 1 N–H and O–H groups in total. The van der Waals surface area contributed by atoms with Crippen LogP contribution in [0.1, 0.15) is 36.0 Å². The Labute approximate surface area is 164 Å². The van der Waals surface area contributed by atoms with Crippen molar-refractivity contribution in [2.45, 2.75) is 25.7 Å². The molecule has 1 aromatic carbocycles. The van der Waals surface area contributed by atoms with E-state index in [2.05, 4.69) is 0 Å². The van der Waals surface area contributed by atoms with Gasteiger partial charge in [0.2, 0.25) is 5.91 Å². The molecule has 8 nitrogen and oxygen atoms in total. The summed E-state index contributed by atoms with van der Waals surface area (Å²) in [6, 6.07) is 5.04. The summed E-state index contributed by atoms with van der Waals surface area (Å²) in [5.41, 5.74) is -0.442. The van der Waals surface area contributed by atoms with E-state index in [1.807, 2.05) is 0 Å². The number of nitrogens with zero attached hydrogens (tertiary/aromatic N) is 2. The molecule has 152 valence electrons. The summed E-state index contributed by atoms with van der Waals surface area (Å²) in [6.45, 7) is 1.61. The monoisotopic (exact) mass is 390 g/mol. The Bertz CT molecular complexity index is 766. The van der Waals surface area contributed by atoms with E-state index in [0.29, 0.717) is 56.1 Å². The maximum atomic E-state index is 12.9.